The van der Waals surface area contributed by atoms with Crippen LogP contribution in [-0.4, -0.2) is 30.2 Å². The molecular weight excluding hydrogens is 655 g/mol. The van der Waals surface area contributed by atoms with E-state index in [0.29, 0.717) is 53.6 Å². The van der Waals surface area contributed by atoms with E-state index in [1.165, 1.54) is 25.4 Å². The molecule has 8 nitrogen and oxygen atoms in total. The quantitative estimate of drug-likeness (QED) is 0.174. The zero-order valence-electron chi connectivity index (χ0n) is 23.9. The Hall–Kier alpha value is -3.25. The van der Waals surface area contributed by atoms with E-state index < -0.39 is 18.0 Å². The fraction of sp³-hybridized carbons (Fsp3) is 0.355. The number of carbonyl (C=O) groups is 2. The number of ether oxygens (including phenoxy) is 3. The second-order valence-electron chi connectivity index (χ2n) is 9.86. The minimum Gasteiger partial charge on any atom is -0.493 e. The van der Waals surface area contributed by atoms with Gasteiger partial charge in [-0.1, -0.05) is 62.8 Å². The molecule has 0 unspecified atom stereocenters. The van der Waals surface area contributed by atoms with Crippen LogP contribution >= 0.6 is 33.9 Å². The van der Waals surface area contributed by atoms with Gasteiger partial charge in [0, 0.05) is 6.92 Å². The normalized spacial score (nSPS) is 15.0. The number of hydrogen-bond acceptors (Lipinski definition) is 8. The zero-order chi connectivity index (χ0) is 29.8. The van der Waals surface area contributed by atoms with Crippen molar-refractivity contribution in [1.82, 2.24) is 4.57 Å². The average molecular weight is 689 g/mol. The smallest absolute Gasteiger partial charge is 0.338 e. The van der Waals surface area contributed by atoms with E-state index in [4.69, 9.17) is 19.2 Å². The van der Waals surface area contributed by atoms with Crippen molar-refractivity contribution in [3.63, 3.8) is 0 Å². The lowest BCUT2D eigenvalue weighted by molar-refractivity contribution is -0.139. The lowest BCUT2D eigenvalue weighted by Crippen LogP contribution is -2.40. The van der Waals surface area contributed by atoms with Gasteiger partial charge in [-0.15, -0.1) is 0 Å². The number of thiazole rings is 1. The van der Waals surface area contributed by atoms with E-state index in [0.717, 1.165) is 17.5 Å². The predicted molar refractivity (Wildman–Crippen MR) is 167 cm³/mol. The Morgan fingerprint density at radius 2 is 1.88 bits per heavy atom. The highest BCUT2D eigenvalue weighted by atomic mass is 127. The van der Waals surface area contributed by atoms with Crippen LogP contribution in [0.2, 0.25) is 0 Å². The molecule has 4 rings (SSSR count). The summed E-state index contributed by atoms with van der Waals surface area (Å²) in [6, 6.07) is 10.9. The molecule has 0 fully saturated rings. The minimum absolute atomic E-state index is 0.217. The van der Waals surface area contributed by atoms with Gasteiger partial charge >= 0.3 is 11.9 Å². The number of benzene rings is 2. The van der Waals surface area contributed by atoms with E-state index in [1.54, 1.807) is 23.6 Å². The van der Waals surface area contributed by atoms with E-state index in [1.807, 2.05) is 37.3 Å². The molecule has 41 heavy (non-hydrogen) atoms. The first-order valence-electron chi connectivity index (χ1n) is 13.5. The molecule has 0 saturated heterocycles. The topological polar surface area (TPSA) is 96.2 Å². The summed E-state index contributed by atoms with van der Waals surface area (Å²) in [6.45, 7) is 9.58. The van der Waals surface area contributed by atoms with Crippen LogP contribution in [0.15, 0.2) is 57.5 Å². The molecule has 1 atom stereocenters. The zero-order valence-corrected chi connectivity index (χ0v) is 26.9. The number of carbonyl (C=O) groups excluding carboxylic acids is 2. The molecule has 1 aromatic heterocycles. The first-order chi connectivity index (χ1) is 19.6. The molecule has 0 N–H and O–H groups in total. The van der Waals surface area contributed by atoms with Crippen LogP contribution in [0.25, 0.3) is 6.08 Å². The Morgan fingerprint density at radius 1 is 1.17 bits per heavy atom. The summed E-state index contributed by atoms with van der Waals surface area (Å²) < 4.78 is 19.0. The molecule has 2 aromatic carbocycles. The van der Waals surface area contributed by atoms with Crippen molar-refractivity contribution in [1.29, 1.82) is 0 Å². The Morgan fingerprint density at radius 3 is 2.46 bits per heavy atom. The summed E-state index contributed by atoms with van der Waals surface area (Å²) in [7, 11) is 1.49. The van der Waals surface area contributed by atoms with E-state index >= 15 is 0 Å². The minimum atomic E-state index is -0.670. The number of methoxy groups -OCH3 is 1. The molecule has 0 radical (unpaired) electrons. The SMILES string of the molecule is CCCC1=C(C(=O)OCC)[C@H](c2ccc(C(C)C)cc2)n2c(s/c(=C\c3cc(I)c(OC(C)=O)c(OC)c3)c2=O)=N1. The fourth-order valence-electron chi connectivity index (χ4n) is 4.72. The van der Waals surface area contributed by atoms with Gasteiger partial charge in [-0.05, 0) is 76.8 Å². The van der Waals surface area contributed by atoms with Crippen LogP contribution in [-0.2, 0) is 14.3 Å². The molecule has 0 spiro atoms. The first-order valence-corrected chi connectivity index (χ1v) is 15.4. The van der Waals surface area contributed by atoms with Crippen molar-refractivity contribution in [2.45, 2.75) is 59.4 Å². The van der Waals surface area contributed by atoms with Gasteiger partial charge in [0.1, 0.15) is 0 Å². The van der Waals surface area contributed by atoms with Gasteiger partial charge in [-0.25, -0.2) is 9.79 Å². The van der Waals surface area contributed by atoms with Gasteiger partial charge in [0.2, 0.25) is 0 Å². The number of esters is 2. The van der Waals surface area contributed by atoms with Gasteiger partial charge in [0.15, 0.2) is 16.3 Å². The highest BCUT2D eigenvalue weighted by Crippen LogP contribution is 2.35. The lowest BCUT2D eigenvalue weighted by Gasteiger charge is -2.26. The van der Waals surface area contributed by atoms with Crippen LogP contribution in [0.5, 0.6) is 11.5 Å². The van der Waals surface area contributed by atoms with Crippen molar-refractivity contribution in [3.05, 3.63) is 87.6 Å². The van der Waals surface area contributed by atoms with Gasteiger partial charge in [-0.3, -0.25) is 14.2 Å². The lowest BCUT2D eigenvalue weighted by atomic mass is 9.92. The third-order valence-corrected chi connectivity index (χ3v) is 8.39. The highest BCUT2D eigenvalue weighted by Gasteiger charge is 2.34. The summed E-state index contributed by atoms with van der Waals surface area (Å²) in [6.07, 6.45) is 3.12. The second-order valence-corrected chi connectivity index (χ2v) is 12.0. The molecule has 0 bridgehead atoms. The van der Waals surface area contributed by atoms with Crippen molar-refractivity contribution in [2.24, 2.45) is 4.99 Å². The summed E-state index contributed by atoms with van der Waals surface area (Å²) in [5.41, 5.74) is 3.45. The third kappa shape index (κ3) is 6.48. The summed E-state index contributed by atoms with van der Waals surface area (Å²) >= 11 is 3.34. The summed E-state index contributed by atoms with van der Waals surface area (Å²) in [4.78, 5) is 44.3. The standard InChI is InChI=1S/C31H33IN2O6S/c1-7-9-23-26(30(37)39-8-2)27(21-12-10-20(11-13-21)17(3)4)34-29(36)25(41-31(34)33-23)16-19-14-22(32)28(40-18(5)35)24(15-19)38-6/h10-17,27H,7-9H2,1-6H3/b25-16-/t27-/m0/s1. The highest BCUT2D eigenvalue weighted by molar-refractivity contribution is 14.1. The Balaban J connectivity index is 1.95. The van der Waals surface area contributed by atoms with E-state index in [2.05, 4.69) is 36.4 Å². The van der Waals surface area contributed by atoms with Crippen LogP contribution in [0.1, 0.15) is 76.1 Å². The molecular formula is C31H33IN2O6S. The molecule has 3 aromatic rings. The molecule has 1 aliphatic heterocycles. The summed E-state index contributed by atoms with van der Waals surface area (Å²) in [5.74, 6) is 0.126. The van der Waals surface area contributed by atoms with Crippen LogP contribution < -0.4 is 24.4 Å². The number of hydrogen-bond donors (Lipinski definition) is 0. The van der Waals surface area contributed by atoms with Crippen LogP contribution in [0.4, 0.5) is 0 Å². The number of rotatable bonds is 9. The molecule has 10 heteroatoms. The molecule has 0 saturated carbocycles. The number of halogens is 1. The fourth-order valence-corrected chi connectivity index (χ4v) is 6.47. The average Bonchev–Trinajstić information content (AvgIpc) is 3.23. The van der Waals surface area contributed by atoms with Gasteiger partial charge in [0.05, 0.1) is 39.1 Å². The summed E-state index contributed by atoms with van der Waals surface area (Å²) in [5, 5.41) is 0. The monoisotopic (exact) mass is 688 g/mol. The van der Waals surface area contributed by atoms with E-state index in [-0.39, 0.29) is 12.2 Å². The molecule has 2 heterocycles. The first kappa shape index (κ1) is 30.7. The maximum Gasteiger partial charge on any atom is 0.338 e. The largest absolute Gasteiger partial charge is 0.493 e. The molecule has 0 aliphatic carbocycles. The van der Waals surface area contributed by atoms with Crippen LogP contribution in [0.3, 0.4) is 0 Å². The van der Waals surface area contributed by atoms with Gasteiger partial charge in [-0.2, -0.15) is 0 Å². The van der Waals surface area contributed by atoms with Gasteiger partial charge in [0.25, 0.3) is 5.56 Å². The number of fused-ring (bicyclic) bond motifs is 1. The van der Waals surface area contributed by atoms with Crippen molar-refractivity contribution >= 4 is 51.9 Å². The Labute approximate surface area is 256 Å². The van der Waals surface area contributed by atoms with E-state index in [9.17, 15) is 14.4 Å². The molecule has 216 valence electrons. The number of allylic oxidation sites excluding steroid dienone is 1. The number of aromatic nitrogens is 1. The van der Waals surface area contributed by atoms with Gasteiger partial charge < -0.3 is 14.2 Å². The predicted octanol–water partition coefficient (Wildman–Crippen LogP) is 5.24. The number of nitrogens with zero attached hydrogens (tertiary/aromatic N) is 2. The van der Waals surface area contributed by atoms with Crippen molar-refractivity contribution < 1.29 is 23.8 Å². The maximum atomic E-state index is 14.0. The maximum absolute atomic E-state index is 14.0. The Kier molecular flexibility index (Phi) is 9.85. The van der Waals surface area contributed by atoms with Crippen LogP contribution in [0, 0.1) is 3.57 Å². The van der Waals surface area contributed by atoms with Crippen molar-refractivity contribution in [2.75, 3.05) is 13.7 Å². The second kappa shape index (κ2) is 13.2. The Bertz CT molecular complexity index is 1680. The molecule has 0 amide bonds. The van der Waals surface area contributed by atoms with Crippen molar-refractivity contribution in [3.8, 4) is 11.5 Å². The third-order valence-electron chi connectivity index (χ3n) is 6.61. The molecule has 1 aliphatic rings.